The number of ether oxygens (including phenoxy) is 2. The molecule has 1 aliphatic rings. The number of hydrogen-bond donors (Lipinski definition) is 2. The largest absolute Gasteiger partial charge is 0.468 e. The Morgan fingerprint density at radius 2 is 2.05 bits per heavy atom. The Labute approximate surface area is 120 Å². The van der Waals surface area contributed by atoms with Gasteiger partial charge in [0.25, 0.3) is 0 Å². The van der Waals surface area contributed by atoms with Crippen LogP contribution in [0.2, 0.25) is 0 Å². The quantitative estimate of drug-likeness (QED) is 0.769. The highest BCUT2D eigenvalue weighted by atomic mass is 16.6. The summed E-state index contributed by atoms with van der Waals surface area (Å²) in [6, 6.07) is 0. The molecule has 2 atom stereocenters. The second-order valence-corrected chi connectivity index (χ2v) is 6.49. The van der Waals surface area contributed by atoms with Gasteiger partial charge < -0.3 is 20.5 Å². The summed E-state index contributed by atoms with van der Waals surface area (Å²) in [5.41, 5.74) is 4.66. The molecule has 2 unspecified atom stereocenters. The monoisotopic (exact) mass is 286 g/mol. The highest BCUT2D eigenvalue weighted by Crippen LogP contribution is 2.31. The average Bonchev–Trinajstić information content (AvgIpc) is 2.33. The van der Waals surface area contributed by atoms with Crippen molar-refractivity contribution < 1.29 is 19.1 Å². The van der Waals surface area contributed by atoms with Crippen LogP contribution in [0.1, 0.15) is 46.5 Å². The van der Waals surface area contributed by atoms with Crippen molar-refractivity contribution in [2.45, 2.75) is 57.6 Å². The van der Waals surface area contributed by atoms with Crippen molar-refractivity contribution in [1.29, 1.82) is 0 Å². The molecule has 0 bridgehead atoms. The molecule has 0 heterocycles. The van der Waals surface area contributed by atoms with E-state index in [1.165, 1.54) is 7.11 Å². The molecule has 0 aliphatic heterocycles. The van der Waals surface area contributed by atoms with Gasteiger partial charge >= 0.3 is 12.1 Å². The second-order valence-electron chi connectivity index (χ2n) is 6.49. The van der Waals surface area contributed by atoms with Gasteiger partial charge in [-0.25, -0.2) is 4.79 Å². The van der Waals surface area contributed by atoms with Crippen molar-refractivity contribution >= 4 is 12.1 Å². The molecule has 3 N–H and O–H groups in total. The number of carbonyl (C=O) groups is 2. The van der Waals surface area contributed by atoms with Gasteiger partial charge in [-0.15, -0.1) is 0 Å². The van der Waals surface area contributed by atoms with E-state index in [1.807, 2.05) is 20.8 Å². The van der Waals surface area contributed by atoms with Crippen LogP contribution in [0.3, 0.4) is 0 Å². The highest BCUT2D eigenvalue weighted by Gasteiger charge is 2.40. The fourth-order valence-electron chi connectivity index (χ4n) is 2.53. The smallest absolute Gasteiger partial charge is 0.407 e. The molecule has 20 heavy (non-hydrogen) atoms. The third-order valence-corrected chi connectivity index (χ3v) is 3.41. The number of methoxy groups -OCH3 is 1. The molecule has 6 nitrogen and oxygen atoms in total. The number of alkyl carbamates (subject to hydrolysis) is 1. The zero-order chi connectivity index (χ0) is 15.4. The van der Waals surface area contributed by atoms with Crippen molar-refractivity contribution in [2.75, 3.05) is 13.7 Å². The average molecular weight is 286 g/mol. The molecule has 1 saturated carbocycles. The van der Waals surface area contributed by atoms with E-state index in [2.05, 4.69) is 5.32 Å². The van der Waals surface area contributed by atoms with E-state index in [0.717, 1.165) is 12.8 Å². The van der Waals surface area contributed by atoms with Crippen LogP contribution in [-0.2, 0) is 14.3 Å². The van der Waals surface area contributed by atoms with Crippen molar-refractivity contribution in [1.82, 2.24) is 5.32 Å². The number of hydrogen-bond acceptors (Lipinski definition) is 5. The first-order valence-electron chi connectivity index (χ1n) is 7.00. The minimum atomic E-state index is -0.923. The zero-order valence-electron chi connectivity index (χ0n) is 12.8. The maximum Gasteiger partial charge on any atom is 0.407 e. The van der Waals surface area contributed by atoms with E-state index in [9.17, 15) is 9.59 Å². The van der Waals surface area contributed by atoms with Crippen molar-refractivity contribution in [3.05, 3.63) is 0 Å². The Kier molecular flexibility index (Phi) is 5.39. The lowest BCUT2D eigenvalue weighted by Gasteiger charge is -2.35. The number of rotatable bonds is 3. The molecular weight excluding hydrogens is 260 g/mol. The van der Waals surface area contributed by atoms with Gasteiger partial charge in [-0.2, -0.15) is 0 Å². The Morgan fingerprint density at radius 1 is 1.40 bits per heavy atom. The summed E-state index contributed by atoms with van der Waals surface area (Å²) in [5, 5.41) is 2.73. The summed E-state index contributed by atoms with van der Waals surface area (Å²) < 4.78 is 9.93. The number of amides is 1. The lowest BCUT2D eigenvalue weighted by molar-refractivity contribution is -0.149. The van der Waals surface area contributed by atoms with Crippen LogP contribution >= 0.6 is 0 Å². The zero-order valence-corrected chi connectivity index (χ0v) is 12.8. The molecule has 1 amide bonds. The van der Waals surface area contributed by atoms with Crippen LogP contribution in [0, 0.1) is 5.92 Å². The molecule has 0 aromatic carbocycles. The molecule has 1 fully saturated rings. The lowest BCUT2D eigenvalue weighted by Crippen LogP contribution is -2.53. The highest BCUT2D eigenvalue weighted by molar-refractivity contribution is 5.80. The van der Waals surface area contributed by atoms with Crippen LogP contribution in [0.15, 0.2) is 0 Å². The molecule has 1 aliphatic carbocycles. The van der Waals surface area contributed by atoms with E-state index in [4.69, 9.17) is 15.2 Å². The maximum absolute atomic E-state index is 11.7. The minimum absolute atomic E-state index is 0.167. The second kappa shape index (κ2) is 6.43. The van der Waals surface area contributed by atoms with Gasteiger partial charge in [0.1, 0.15) is 11.1 Å². The van der Waals surface area contributed by atoms with Gasteiger partial charge in [-0.1, -0.05) is 6.42 Å². The molecule has 1 rings (SSSR count). The molecule has 0 radical (unpaired) electrons. The fraction of sp³-hybridized carbons (Fsp3) is 0.857. The van der Waals surface area contributed by atoms with Gasteiger partial charge in [0.2, 0.25) is 0 Å². The van der Waals surface area contributed by atoms with Crippen LogP contribution in [0.4, 0.5) is 4.79 Å². The maximum atomic E-state index is 11.7. The molecule has 116 valence electrons. The standard InChI is InChI=1S/C14H26N2O4/c1-13(2,3)20-12(18)16-9-10-6-5-7-14(15,8-10)11(17)19-4/h10H,5-9,15H2,1-4H3,(H,16,18). The van der Waals surface area contributed by atoms with Crippen molar-refractivity contribution in [2.24, 2.45) is 11.7 Å². The molecule has 0 aromatic rings. The molecule has 0 saturated heterocycles. The van der Waals surface area contributed by atoms with Gasteiger partial charge in [-0.3, -0.25) is 4.79 Å². The predicted octanol–water partition coefficient (Wildman–Crippen LogP) is 1.57. The Hall–Kier alpha value is -1.30. The number of nitrogens with one attached hydrogen (secondary N) is 1. The summed E-state index contributed by atoms with van der Waals surface area (Å²) in [4.78, 5) is 23.3. The van der Waals surface area contributed by atoms with Crippen LogP contribution in [0.5, 0.6) is 0 Å². The Bertz CT molecular complexity index is 365. The SMILES string of the molecule is COC(=O)C1(N)CCCC(CNC(=O)OC(C)(C)C)C1. The topological polar surface area (TPSA) is 90.6 Å². The van der Waals surface area contributed by atoms with E-state index in [0.29, 0.717) is 19.4 Å². The minimum Gasteiger partial charge on any atom is -0.468 e. The first-order valence-corrected chi connectivity index (χ1v) is 7.00. The first kappa shape index (κ1) is 16.8. The number of carbonyl (C=O) groups excluding carboxylic acids is 2. The lowest BCUT2D eigenvalue weighted by atomic mass is 9.76. The molecular formula is C14H26N2O4. The van der Waals surface area contributed by atoms with Crippen molar-refractivity contribution in [3.63, 3.8) is 0 Å². The normalized spacial score (nSPS) is 26.8. The Balaban J connectivity index is 2.45. The summed E-state index contributed by atoms with van der Waals surface area (Å²) in [6.07, 6.45) is 2.50. The van der Waals surface area contributed by atoms with E-state index < -0.39 is 17.2 Å². The van der Waals surface area contributed by atoms with Crippen LogP contribution in [0.25, 0.3) is 0 Å². The van der Waals surface area contributed by atoms with Gasteiger partial charge in [0.15, 0.2) is 0 Å². The molecule has 0 aromatic heterocycles. The van der Waals surface area contributed by atoms with Gasteiger partial charge in [0, 0.05) is 6.54 Å². The summed E-state index contributed by atoms with van der Waals surface area (Å²) >= 11 is 0. The summed E-state index contributed by atoms with van der Waals surface area (Å²) in [6.45, 7) is 5.91. The van der Waals surface area contributed by atoms with Crippen molar-refractivity contribution in [3.8, 4) is 0 Å². The van der Waals surface area contributed by atoms with E-state index in [1.54, 1.807) is 0 Å². The molecule has 0 spiro atoms. The first-order chi connectivity index (χ1) is 9.16. The van der Waals surface area contributed by atoms with E-state index >= 15 is 0 Å². The number of nitrogens with two attached hydrogens (primary N) is 1. The van der Waals surface area contributed by atoms with Gasteiger partial charge in [0.05, 0.1) is 7.11 Å². The van der Waals surface area contributed by atoms with Gasteiger partial charge in [-0.05, 0) is 46.0 Å². The molecule has 6 heteroatoms. The number of esters is 1. The van der Waals surface area contributed by atoms with E-state index in [-0.39, 0.29) is 11.9 Å². The van der Waals surface area contributed by atoms with Crippen LogP contribution < -0.4 is 11.1 Å². The summed E-state index contributed by atoms with van der Waals surface area (Å²) in [5.74, 6) is -0.208. The predicted molar refractivity (Wildman–Crippen MR) is 75.1 cm³/mol. The Morgan fingerprint density at radius 3 is 2.60 bits per heavy atom. The third-order valence-electron chi connectivity index (χ3n) is 3.41. The fourth-order valence-corrected chi connectivity index (χ4v) is 2.53. The third kappa shape index (κ3) is 5.00. The summed E-state index contributed by atoms with van der Waals surface area (Å²) in [7, 11) is 1.35. The van der Waals surface area contributed by atoms with Crippen LogP contribution in [-0.4, -0.2) is 36.9 Å².